The van der Waals surface area contributed by atoms with E-state index in [-0.39, 0.29) is 24.7 Å². The normalized spacial score (nSPS) is 29.6. The van der Waals surface area contributed by atoms with Gasteiger partial charge in [-0.05, 0) is 42.3 Å². The van der Waals surface area contributed by atoms with Crippen LogP contribution in [0.5, 0.6) is 0 Å². The number of thioether (sulfide) groups is 1. The Morgan fingerprint density at radius 3 is 2.38 bits per heavy atom. The summed E-state index contributed by atoms with van der Waals surface area (Å²) >= 11 is 2.56. The summed E-state index contributed by atoms with van der Waals surface area (Å²) in [6.45, 7) is 3.16. The van der Waals surface area contributed by atoms with E-state index in [0.717, 1.165) is 0 Å². The van der Waals surface area contributed by atoms with Gasteiger partial charge in [0.15, 0.2) is 18.2 Å². The lowest BCUT2D eigenvalue weighted by molar-refractivity contribution is -0.163. The number of carboxylic acid groups (broad SMARTS) is 3. The molecule has 4 aliphatic rings. The molecule has 4 fully saturated rings. The Kier molecular flexibility index (Phi) is 7.64. The van der Waals surface area contributed by atoms with Gasteiger partial charge < -0.3 is 35.4 Å². The predicted octanol–water partition coefficient (Wildman–Crippen LogP) is -0.548. The number of hydrogen-bond donors (Lipinski definition) is 5. The zero-order valence-electron chi connectivity index (χ0n) is 20.5. The van der Waals surface area contributed by atoms with Crippen LogP contribution in [-0.2, 0) is 33.5 Å². The number of aliphatic hydroxyl groups is 1. The van der Waals surface area contributed by atoms with Crippen LogP contribution in [0.4, 0.5) is 0 Å². The van der Waals surface area contributed by atoms with Crippen molar-refractivity contribution in [2.45, 2.75) is 60.7 Å². The molecule has 1 aromatic rings. The Morgan fingerprint density at radius 2 is 1.87 bits per heavy atom. The van der Waals surface area contributed by atoms with E-state index in [1.807, 2.05) is 0 Å². The van der Waals surface area contributed by atoms with Crippen LogP contribution in [0.3, 0.4) is 0 Å². The van der Waals surface area contributed by atoms with E-state index in [1.165, 1.54) is 39.0 Å². The van der Waals surface area contributed by atoms with Gasteiger partial charge in [0.1, 0.15) is 23.2 Å². The molecule has 1 aromatic heterocycles. The summed E-state index contributed by atoms with van der Waals surface area (Å²) in [6.07, 6.45) is 1.03. The number of amides is 3. The SMILES string of the molecule is CC1(C)S[C@@H]2[C@H](NC(=O)C(C(=O)O)c3ccsc3)C(=O)N2[C@H]1C(=O)O.O=C(O)[C@H]1/C(=C/CO)O[C@@H]2CC(=O)N21. The third-order valence-electron chi connectivity index (χ3n) is 6.65. The van der Waals surface area contributed by atoms with Gasteiger partial charge in [0.05, 0.1) is 13.0 Å². The van der Waals surface area contributed by atoms with Crippen LogP contribution in [-0.4, -0.2) is 107 Å². The molecule has 0 bridgehead atoms. The quantitative estimate of drug-likeness (QED) is 0.202. The average molecular weight is 584 g/mol. The minimum atomic E-state index is -1.40. The third kappa shape index (κ3) is 4.94. The van der Waals surface area contributed by atoms with Crippen molar-refractivity contribution in [1.29, 1.82) is 0 Å². The van der Waals surface area contributed by atoms with Crippen molar-refractivity contribution < 1.29 is 53.9 Å². The first kappa shape index (κ1) is 28.4. The monoisotopic (exact) mass is 583 g/mol. The number of aliphatic carboxylic acids is 3. The lowest BCUT2D eigenvalue weighted by Gasteiger charge is -2.43. The molecule has 5 N–H and O–H groups in total. The number of thiophene rings is 1. The maximum Gasteiger partial charge on any atom is 0.334 e. The van der Waals surface area contributed by atoms with Gasteiger partial charge in [0.25, 0.3) is 0 Å². The molecule has 0 saturated carbocycles. The number of nitrogens with zero attached hydrogens (tertiary/aromatic N) is 2. The van der Waals surface area contributed by atoms with Gasteiger partial charge in [-0.15, -0.1) is 11.8 Å². The molecular formula is C23H25N3O11S2. The van der Waals surface area contributed by atoms with E-state index in [1.54, 1.807) is 30.7 Å². The molecule has 0 aromatic carbocycles. The van der Waals surface area contributed by atoms with Gasteiger partial charge in [-0.25, -0.2) is 9.59 Å². The van der Waals surface area contributed by atoms with E-state index >= 15 is 0 Å². The molecule has 3 amide bonds. The molecule has 0 spiro atoms. The molecule has 210 valence electrons. The topological polar surface area (TPSA) is 211 Å². The molecule has 16 heteroatoms. The van der Waals surface area contributed by atoms with Crippen molar-refractivity contribution in [2.75, 3.05) is 6.61 Å². The number of β-lactam (4-membered cyclic amide) rings is 2. The number of fused-ring (bicyclic) bond motifs is 2. The van der Waals surface area contributed by atoms with Crippen molar-refractivity contribution in [2.24, 2.45) is 0 Å². The van der Waals surface area contributed by atoms with Crippen LogP contribution in [0.25, 0.3) is 0 Å². The first-order valence-electron chi connectivity index (χ1n) is 11.6. The van der Waals surface area contributed by atoms with Crippen molar-refractivity contribution in [3.8, 4) is 0 Å². The highest BCUT2D eigenvalue weighted by Crippen LogP contribution is 2.50. The van der Waals surface area contributed by atoms with Crippen molar-refractivity contribution >= 4 is 58.7 Å². The van der Waals surface area contributed by atoms with Gasteiger partial charge in [-0.2, -0.15) is 11.3 Å². The number of carbonyl (C=O) groups is 6. The summed E-state index contributed by atoms with van der Waals surface area (Å²) in [6, 6.07) is -1.41. The van der Waals surface area contributed by atoms with Crippen LogP contribution in [0.15, 0.2) is 28.7 Å². The average Bonchev–Trinajstić information content (AvgIpc) is 3.52. The lowest BCUT2D eigenvalue weighted by atomic mass is 9.95. The maximum absolute atomic E-state index is 12.4. The minimum absolute atomic E-state index is 0.149. The fourth-order valence-electron chi connectivity index (χ4n) is 4.89. The number of carboxylic acids is 3. The molecule has 0 radical (unpaired) electrons. The van der Waals surface area contributed by atoms with Crippen molar-refractivity contribution in [3.05, 3.63) is 34.2 Å². The molecule has 4 saturated heterocycles. The van der Waals surface area contributed by atoms with Crippen molar-refractivity contribution in [3.63, 3.8) is 0 Å². The highest BCUT2D eigenvalue weighted by molar-refractivity contribution is 8.01. The summed E-state index contributed by atoms with van der Waals surface area (Å²) in [7, 11) is 0. The van der Waals surface area contributed by atoms with Crippen LogP contribution in [0, 0.1) is 0 Å². The van der Waals surface area contributed by atoms with Gasteiger partial charge in [-0.1, -0.05) is 0 Å². The summed E-state index contributed by atoms with van der Waals surface area (Å²) < 4.78 is 4.47. The molecular weight excluding hydrogens is 558 g/mol. The highest BCUT2D eigenvalue weighted by atomic mass is 32.2. The second kappa shape index (κ2) is 10.5. The van der Waals surface area contributed by atoms with Crippen LogP contribution < -0.4 is 5.32 Å². The number of aliphatic hydroxyl groups excluding tert-OH is 1. The highest BCUT2D eigenvalue weighted by Gasteiger charge is 2.64. The first-order valence-corrected chi connectivity index (χ1v) is 13.4. The Morgan fingerprint density at radius 1 is 1.18 bits per heavy atom. The van der Waals surface area contributed by atoms with Crippen molar-refractivity contribution in [1.82, 2.24) is 15.1 Å². The fraction of sp³-hybridized carbons (Fsp3) is 0.478. The summed E-state index contributed by atoms with van der Waals surface area (Å²) in [5, 5.41) is 41.4. The largest absolute Gasteiger partial charge is 0.480 e. The van der Waals surface area contributed by atoms with Gasteiger partial charge >= 0.3 is 17.9 Å². The van der Waals surface area contributed by atoms with Gasteiger partial charge in [0.2, 0.25) is 17.7 Å². The zero-order chi connectivity index (χ0) is 28.8. The van der Waals surface area contributed by atoms with Gasteiger partial charge in [-0.3, -0.25) is 24.1 Å². The van der Waals surface area contributed by atoms with Crippen LogP contribution >= 0.6 is 23.1 Å². The molecule has 4 aliphatic heterocycles. The van der Waals surface area contributed by atoms with E-state index in [4.69, 9.17) is 14.9 Å². The third-order valence-corrected chi connectivity index (χ3v) is 8.93. The molecule has 14 nitrogen and oxygen atoms in total. The number of carbonyl (C=O) groups excluding carboxylic acids is 3. The lowest BCUT2D eigenvalue weighted by Crippen LogP contribution is -2.71. The second-order valence-electron chi connectivity index (χ2n) is 9.52. The maximum atomic E-state index is 12.4. The smallest absolute Gasteiger partial charge is 0.334 e. The van der Waals surface area contributed by atoms with E-state index in [0.29, 0.717) is 5.56 Å². The van der Waals surface area contributed by atoms with Crippen LogP contribution in [0.1, 0.15) is 31.7 Å². The Balaban J connectivity index is 0.000000212. The van der Waals surface area contributed by atoms with E-state index < -0.39 is 70.1 Å². The Hall–Kier alpha value is -3.63. The van der Waals surface area contributed by atoms with E-state index in [2.05, 4.69) is 5.32 Å². The number of rotatable bonds is 7. The standard InChI is InChI=1S/C15H16N2O6S2.C8H9NO5/c1-15(2)9(14(22)23)17-11(19)8(12(17)25-15)16-10(18)7(13(20)21)6-3-4-24-5-6;10-2-1-4-7(8(12)13)9-5(11)3-6(9)14-4/h3-5,7-9,12H,1-2H3,(H,16,18)(H,20,21)(H,22,23);1,6-7,10H,2-3H2,(H,12,13)/b;4-1-/t7?,8-,9+,12-;6-,7-/m11/s1. The molecule has 0 aliphatic carbocycles. The predicted molar refractivity (Wildman–Crippen MR) is 133 cm³/mol. The zero-order valence-corrected chi connectivity index (χ0v) is 22.2. The molecule has 1 unspecified atom stereocenters. The second-order valence-corrected chi connectivity index (χ2v) is 12.1. The first-order chi connectivity index (χ1) is 18.3. The summed E-state index contributed by atoms with van der Waals surface area (Å²) in [5.74, 6) is -6.30. The van der Waals surface area contributed by atoms with Crippen LogP contribution in [0.2, 0.25) is 0 Å². The number of hydrogen-bond acceptors (Lipinski definition) is 10. The fourth-order valence-corrected chi connectivity index (χ4v) is 7.20. The molecule has 6 atom stereocenters. The number of ether oxygens (including phenoxy) is 1. The number of nitrogens with one attached hydrogen (secondary N) is 1. The molecule has 39 heavy (non-hydrogen) atoms. The Labute approximate surface area is 229 Å². The summed E-state index contributed by atoms with van der Waals surface area (Å²) in [4.78, 5) is 72.0. The molecule has 5 rings (SSSR count). The van der Waals surface area contributed by atoms with E-state index in [9.17, 15) is 39.0 Å². The minimum Gasteiger partial charge on any atom is -0.480 e. The van der Waals surface area contributed by atoms with Gasteiger partial charge in [0, 0.05) is 4.75 Å². The summed E-state index contributed by atoms with van der Waals surface area (Å²) in [5.41, 5.74) is 0.349. The molecule has 5 heterocycles. The Bertz CT molecular complexity index is 1250.